The molecule has 0 radical (unpaired) electrons. The third-order valence-corrected chi connectivity index (χ3v) is 6.39. The Bertz CT molecular complexity index is 936. The average Bonchev–Trinajstić information content (AvgIpc) is 3.02. The molecule has 1 atom stereocenters. The van der Waals surface area contributed by atoms with Gasteiger partial charge in [-0.2, -0.15) is 0 Å². The molecule has 4 rings (SSSR count). The van der Waals surface area contributed by atoms with Gasteiger partial charge in [0.25, 0.3) is 5.91 Å². The van der Waals surface area contributed by atoms with Gasteiger partial charge in [-0.05, 0) is 57.2 Å². The quantitative estimate of drug-likeness (QED) is 0.758. The van der Waals surface area contributed by atoms with Crippen LogP contribution in [0.3, 0.4) is 0 Å². The van der Waals surface area contributed by atoms with Crippen LogP contribution in [-0.4, -0.2) is 41.7 Å². The average molecular weight is 423 g/mol. The summed E-state index contributed by atoms with van der Waals surface area (Å²) in [6.07, 6.45) is 3.03. The van der Waals surface area contributed by atoms with E-state index >= 15 is 0 Å². The Hall–Kier alpha value is -3.02. The van der Waals surface area contributed by atoms with Crippen molar-refractivity contribution in [2.24, 2.45) is 0 Å². The van der Waals surface area contributed by atoms with E-state index in [1.165, 1.54) is 0 Å². The van der Waals surface area contributed by atoms with Gasteiger partial charge in [-0.3, -0.25) is 9.69 Å². The van der Waals surface area contributed by atoms with Crippen LogP contribution >= 0.6 is 0 Å². The van der Waals surface area contributed by atoms with Crippen LogP contribution in [0.2, 0.25) is 0 Å². The fourth-order valence-electron chi connectivity index (χ4n) is 4.92. The van der Waals surface area contributed by atoms with Gasteiger partial charge in [0.15, 0.2) is 0 Å². The number of ether oxygens (including phenoxy) is 2. The molecular formula is C25H30N2O4. The van der Waals surface area contributed by atoms with E-state index in [0.717, 1.165) is 31.2 Å². The van der Waals surface area contributed by atoms with Crippen molar-refractivity contribution in [3.8, 4) is 5.75 Å². The largest absolute Gasteiger partial charge is 0.496 e. The fourth-order valence-corrected chi connectivity index (χ4v) is 4.92. The Balaban J connectivity index is 1.43. The third kappa shape index (κ3) is 4.24. The Morgan fingerprint density at radius 3 is 2.35 bits per heavy atom. The fraction of sp³-hybridized carbons (Fsp3) is 0.440. The highest BCUT2D eigenvalue weighted by molar-refractivity contribution is 5.97. The number of hydrogen-bond donors (Lipinski definition) is 1. The molecule has 2 fully saturated rings. The SMILES string of the molecule is COc1ccccc1C(=O)NC1CCC(N2C(=O)OC(C)(C)C2c2ccccc2)CC1. The first-order chi connectivity index (χ1) is 14.9. The Morgan fingerprint density at radius 1 is 1.03 bits per heavy atom. The number of methoxy groups -OCH3 is 1. The lowest BCUT2D eigenvalue weighted by atomic mass is 9.86. The topological polar surface area (TPSA) is 67.9 Å². The molecule has 2 amide bonds. The zero-order chi connectivity index (χ0) is 22.0. The van der Waals surface area contributed by atoms with Crippen molar-refractivity contribution in [1.82, 2.24) is 10.2 Å². The standard InChI is InChI=1S/C25H30N2O4/c1-25(2)22(17-9-5-4-6-10-17)27(24(29)31-25)19-15-13-18(14-16-19)26-23(28)20-11-7-8-12-21(20)30-3/h4-12,18-19,22H,13-16H2,1-3H3,(H,26,28). The number of cyclic esters (lactones) is 1. The maximum absolute atomic E-state index is 12.8. The van der Waals surface area contributed by atoms with Crippen LogP contribution in [0.15, 0.2) is 54.6 Å². The minimum atomic E-state index is -0.590. The Morgan fingerprint density at radius 2 is 1.68 bits per heavy atom. The van der Waals surface area contributed by atoms with E-state index in [0.29, 0.717) is 11.3 Å². The minimum absolute atomic E-state index is 0.0791. The molecule has 0 spiro atoms. The molecule has 6 nitrogen and oxygen atoms in total. The number of benzene rings is 2. The van der Waals surface area contributed by atoms with Crippen LogP contribution in [0, 0.1) is 0 Å². The second-order valence-corrected chi connectivity index (χ2v) is 8.87. The number of carbonyl (C=O) groups excluding carboxylic acids is 2. The molecule has 1 heterocycles. The Labute approximate surface area is 183 Å². The van der Waals surface area contributed by atoms with Gasteiger partial charge in [-0.25, -0.2) is 4.79 Å². The van der Waals surface area contributed by atoms with Crippen LogP contribution in [0.5, 0.6) is 5.75 Å². The highest BCUT2D eigenvalue weighted by Gasteiger charge is 2.51. The van der Waals surface area contributed by atoms with Crippen molar-refractivity contribution < 1.29 is 19.1 Å². The first-order valence-corrected chi connectivity index (χ1v) is 10.9. The molecule has 1 saturated carbocycles. The number of amides is 2. The van der Waals surface area contributed by atoms with Crippen molar-refractivity contribution in [1.29, 1.82) is 0 Å². The van der Waals surface area contributed by atoms with E-state index in [-0.39, 0.29) is 30.1 Å². The maximum atomic E-state index is 12.8. The summed E-state index contributed by atoms with van der Waals surface area (Å²) in [6, 6.07) is 17.4. The lowest BCUT2D eigenvalue weighted by Crippen LogP contribution is -2.46. The number of carbonyl (C=O) groups is 2. The predicted molar refractivity (Wildman–Crippen MR) is 118 cm³/mol. The molecule has 1 N–H and O–H groups in total. The number of para-hydroxylation sites is 1. The summed E-state index contributed by atoms with van der Waals surface area (Å²) < 4.78 is 11.1. The normalized spacial score (nSPS) is 25.1. The molecule has 1 aliphatic carbocycles. The molecule has 1 unspecified atom stereocenters. The summed E-state index contributed by atoms with van der Waals surface area (Å²) in [5.41, 5.74) is 1.04. The number of nitrogens with one attached hydrogen (secondary N) is 1. The lowest BCUT2D eigenvalue weighted by Gasteiger charge is -2.38. The van der Waals surface area contributed by atoms with E-state index in [9.17, 15) is 9.59 Å². The van der Waals surface area contributed by atoms with Gasteiger partial charge < -0.3 is 14.8 Å². The minimum Gasteiger partial charge on any atom is -0.496 e. The van der Waals surface area contributed by atoms with E-state index in [4.69, 9.17) is 9.47 Å². The first kappa shape index (κ1) is 21.2. The third-order valence-electron chi connectivity index (χ3n) is 6.39. The molecule has 6 heteroatoms. The summed E-state index contributed by atoms with van der Waals surface area (Å²) in [4.78, 5) is 27.5. The van der Waals surface area contributed by atoms with Crippen molar-refractivity contribution in [3.63, 3.8) is 0 Å². The Kier molecular flexibility index (Phi) is 5.90. The number of nitrogens with zero attached hydrogens (tertiary/aromatic N) is 1. The van der Waals surface area contributed by atoms with Gasteiger partial charge >= 0.3 is 6.09 Å². The second-order valence-electron chi connectivity index (χ2n) is 8.87. The smallest absolute Gasteiger partial charge is 0.411 e. The molecular weight excluding hydrogens is 392 g/mol. The van der Waals surface area contributed by atoms with Crippen molar-refractivity contribution in [2.45, 2.75) is 63.3 Å². The second kappa shape index (κ2) is 8.61. The molecule has 0 bridgehead atoms. The lowest BCUT2D eigenvalue weighted by molar-refractivity contribution is 0.0663. The van der Waals surface area contributed by atoms with Gasteiger partial charge in [0.05, 0.1) is 18.7 Å². The van der Waals surface area contributed by atoms with Crippen LogP contribution in [0.1, 0.15) is 61.5 Å². The highest BCUT2D eigenvalue weighted by atomic mass is 16.6. The highest BCUT2D eigenvalue weighted by Crippen LogP contribution is 2.44. The van der Waals surface area contributed by atoms with E-state index in [2.05, 4.69) is 17.4 Å². The summed E-state index contributed by atoms with van der Waals surface area (Å²) in [7, 11) is 1.57. The zero-order valence-electron chi connectivity index (χ0n) is 18.3. The molecule has 2 aromatic rings. The van der Waals surface area contributed by atoms with Gasteiger partial charge in [-0.15, -0.1) is 0 Å². The summed E-state index contributed by atoms with van der Waals surface area (Å²) in [5.74, 6) is 0.450. The van der Waals surface area contributed by atoms with Gasteiger partial charge in [-0.1, -0.05) is 42.5 Å². The zero-order valence-corrected chi connectivity index (χ0v) is 18.3. The summed E-state index contributed by atoms with van der Waals surface area (Å²) >= 11 is 0. The van der Waals surface area contributed by atoms with Gasteiger partial charge in [0.2, 0.25) is 0 Å². The molecule has 2 aliphatic rings. The predicted octanol–water partition coefficient (Wildman–Crippen LogP) is 4.71. The summed E-state index contributed by atoms with van der Waals surface area (Å²) in [6.45, 7) is 3.95. The molecule has 31 heavy (non-hydrogen) atoms. The molecule has 0 aromatic heterocycles. The van der Waals surface area contributed by atoms with E-state index in [1.54, 1.807) is 19.2 Å². The van der Waals surface area contributed by atoms with Crippen LogP contribution < -0.4 is 10.1 Å². The van der Waals surface area contributed by atoms with Crippen LogP contribution in [-0.2, 0) is 4.74 Å². The number of hydrogen-bond acceptors (Lipinski definition) is 4. The van der Waals surface area contributed by atoms with Crippen molar-refractivity contribution >= 4 is 12.0 Å². The van der Waals surface area contributed by atoms with Gasteiger partial charge in [0.1, 0.15) is 11.4 Å². The first-order valence-electron chi connectivity index (χ1n) is 10.9. The monoisotopic (exact) mass is 422 g/mol. The molecule has 1 aliphatic heterocycles. The van der Waals surface area contributed by atoms with Crippen LogP contribution in [0.25, 0.3) is 0 Å². The van der Waals surface area contributed by atoms with Crippen molar-refractivity contribution in [3.05, 3.63) is 65.7 Å². The molecule has 2 aromatic carbocycles. The van der Waals surface area contributed by atoms with Gasteiger partial charge in [0, 0.05) is 12.1 Å². The van der Waals surface area contributed by atoms with E-state index < -0.39 is 5.60 Å². The number of rotatable bonds is 5. The van der Waals surface area contributed by atoms with E-state index in [1.807, 2.05) is 49.1 Å². The molecule has 164 valence electrons. The van der Waals surface area contributed by atoms with Crippen LogP contribution in [0.4, 0.5) is 4.79 Å². The van der Waals surface area contributed by atoms with Crippen molar-refractivity contribution in [2.75, 3.05) is 7.11 Å². The summed E-state index contributed by atoms with van der Waals surface area (Å²) in [5, 5.41) is 3.14. The molecule has 1 saturated heterocycles. The maximum Gasteiger partial charge on any atom is 0.411 e.